The van der Waals surface area contributed by atoms with Gasteiger partial charge < -0.3 is 9.88 Å². The van der Waals surface area contributed by atoms with Gasteiger partial charge in [0.1, 0.15) is 5.82 Å². The van der Waals surface area contributed by atoms with Gasteiger partial charge >= 0.3 is 0 Å². The van der Waals surface area contributed by atoms with Gasteiger partial charge in [0.05, 0.1) is 11.0 Å². The fraction of sp³-hybridized carbons (Fsp3) is 0.222. The molecule has 1 atom stereocenters. The van der Waals surface area contributed by atoms with Crippen LogP contribution in [0.2, 0.25) is 5.02 Å². The number of hydrogen-bond donors (Lipinski definition) is 1. The molecule has 1 aliphatic heterocycles. The first-order valence-corrected chi connectivity index (χ1v) is 8.01. The van der Waals surface area contributed by atoms with Crippen molar-refractivity contribution in [3.05, 3.63) is 58.9 Å². The van der Waals surface area contributed by atoms with E-state index in [-0.39, 0.29) is 11.8 Å². The molecule has 0 radical (unpaired) electrons. The number of benzene rings is 2. The molecule has 1 aromatic heterocycles. The maximum atomic E-state index is 12.4. The summed E-state index contributed by atoms with van der Waals surface area (Å²) in [7, 11) is 0. The zero-order valence-corrected chi connectivity index (χ0v) is 13.5. The lowest BCUT2D eigenvalue weighted by Crippen LogP contribution is -2.24. The van der Waals surface area contributed by atoms with Crippen LogP contribution in [-0.2, 0) is 4.79 Å². The predicted octanol–water partition coefficient (Wildman–Crippen LogP) is 4.05. The Morgan fingerprint density at radius 3 is 2.87 bits per heavy atom. The number of H-pyrrole nitrogens is 1. The minimum absolute atomic E-state index is 0.0888. The molecule has 23 heavy (non-hydrogen) atoms. The Labute approximate surface area is 139 Å². The summed E-state index contributed by atoms with van der Waals surface area (Å²) in [6.45, 7) is 2.59. The maximum Gasteiger partial charge on any atom is 0.227 e. The molecule has 0 bridgehead atoms. The average Bonchev–Trinajstić information content (AvgIpc) is 3.13. The summed E-state index contributed by atoms with van der Waals surface area (Å²) >= 11 is 6.07. The van der Waals surface area contributed by atoms with Gasteiger partial charge in [-0.1, -0.05) is 23.7 Å². The van der Waals surface area contributed by atoms with Crippen LogP contribution in [0.1, 0.15) is 23.7 Å². The van der Waals surface area contributed by atoms with Crippen molar-refractivity contribution in [2.45, 2.75) is 19.3 Å². The molecule has 0 unspecified atom stereocenters. The molecule has 1 N–H and O–H groups in total. The van der Waals surface area contributed by atoms with E-state index in [1.54, 1.807) is 0 Å². The molecule has 4 rings (SSSR count). The molecule has 2 heterocycles. The molecule has 3 aromatic rings. The van der Waals surface area contributed by atoms with Gasteiger partial charge in [-0.15, -0.1) is 0 Å². The lowest BCUT2D eigenvalue weighted by Gasteiger charge is -2.17. The standard InChI is InChI=1S/C18H16ClN3O/c1-11-8-13(6-7-14(11)19)22-10-12(9-17(22)23)18-20-15-4-2-3-5-16(15)21-18/h2-8,12H,9-10H2,1H3,(H,20,21)/t12-/m0/s1. The summed E-state index contributed by atoms with van der Waals surface area (Å²) in [4.78, 5) is 22.2. The molecule has 1 aliphatic rings. The molecular weight excluding hydrogens is 310 g/mol. The van der Waals surface area contributed by atoms with Crippen LogP contribution in [0.15, 0.2) is 42.5 Å². The zero-order chi connectivity index (χ0) is 16.0. The maximum absolute atomic E-state index is 12.4. The molecule has 1 fully saturated rings. The summed E-state index contributed by atoms with van der Waals surface area (Å²) in [5.74, 6) is 1.09. The molecule has 1 amide bonds. The number of carbonyl (C=O) groups is 1. The number of nitrogens with zero attached hydrogens (tertiary/aromatic N) is 2. The number of fused-ring (bicyclic) bond motifs is 1. The lowest BCUT2D eigenvalue weighted by molar-refractivity contribution is -0.117. The van der Waals surface area contributed by atoms with E-state index >= 15 is 0 Å². The minimum Gasteiger partial charge on any atom is -0.342 e. The topological polar surface area (TPSA) is 49.0 Å². The van der Waals surface area contributed by atoms with Crippen LogP contribution in [0.5, 0.6) is 0 Å². The van der Waals surface area contributed by atoms with Gasteiger partial charge in [0, 0.05) is 29.6 Å². The van der Waals surface area contributed by atoms with Gasteiger partial charge in [0.15, 0.2) is 0 Å². The van der Waals surface area contributed by atoms with E-state index in [1.165, 1.54) is 0 Å². The number of rotatable bonds is 2. The van der Waals surface area contributed by atoms with Crippen molar-refractivity contribution in [1.29, 1.82) is 0 Å². The van der Waals surface area contributed by atoms with Crippen molar-refractivity contribution < 1.29 is 4.79 Å². The van der Waals surface area contributed by atoms with Crippen molar-refractivity contribution >= 4 is 34.2 Å². The summed E-state index contributed by atoms with van der Waals surface area (Å²) in [5, 5.41) is 0.717. The largest absolute Gasteiger partial charge is 0.342 e. The molecule has 4 nitrogen and oxygen atoms in total. The van der Waals surface area contributed by atoms with E-state index in [2.05, 4.69) is 9.97 Å². The van der Waals surface area contributed by atoms with Gasteiger partial charge in [0.2, 0.25) is 5.91 Å². The number of anilines is 1. The fourth-order valence-electron chi connectivity index (χ4n) is 3.10. The molecule has 0 spiro atoms. The van der Waals surface area contributed by atoms with Crippen molar-refractivity contribution in [3.8, 4) is 0 Å². The SMILES string of the molecule is Cc1cc(N2C[C@@H](c3nc4ccccc4[nH]3)CC2=O)ccc1Cl. The van der Waals surface area contributed by atoms with Crippen LogP contribution >= 0.6 is 11.6 Å². The van der Waals surface area contributed by atoms with Crippen molar-refractivity contribution in [2.24, 2.45) is 0 Å². The van der Waals surface area contributed by atoms with Crippen LogP contribution < -0.4 is 4.90 Å². The van der Waals surface area contributed by atoms with E-state index in [0.29, 0.717) is 18.0 Å². The van der Waals surface area contributed by atoms with Gasteiger partial charge in [-0.2, -0.15) is 0 Å². The molecule has 0 aliphatic carbocycles. The quantitative estimate of drug-likeness (QED) is 0.773. The summed E-state index contributed by atoms with van der Waals surface area (Å²) in [5.41, 5.74) is 3.83. The van der Waals surface area contributed by atoms with Gasteiger partial charge in [0.25, 0.3) is 0 Å². The van der Waals surface area contributed by atoms with Gasteiger partial charge in [-0.3, -0.25) is 4.79 Å². The Bertz CT molecular complexity index is 869. The number of imidazole rings is 1. The third-order valence-electron chi connectivity index (χ3n) is 4.37. The molecule has 1 saturated heterocycles. The van der Waals surface area contributed by atoms with Crippen LogP contribution in [0.3, 0.4) is 0 Å². The number of amides is 1. The Kier molecular flexibility index (Phi) is 3.34. The summed E-state index contributed by atoms with van der Waals surface area (Å²) in [6.07, 6.45) is 0.474. The van der Waals surface area contributed by atoms with Crippen LogP contribution in [0.25, 0.3) is 11.0 Å². The number of aromatic amines is 1. The van der Waals surface area contributed by atoms with Crippen LogP contribution in [0, 0.1) is 6.92 Å². The normalized spacial score (nSPS) is 18.1. The second-order valence-electron chi connectivity index (χ2n) is 5.98. The molecule has 116 valence electrons. The van der Waals surface area contributed by atoms with E-state index in [9.17, 15) is 4.79 Å². The zero-order valence-electron chi connectivity index (χ0n) is 12.7. The number of aryl methyl sites for hydroxylation is 1. The van der Waals surface area contributed by atoms with Crippen molar-refractivity contribution in [3.63, 3.8) is 0 Å². The highest BCUT2D eigenvalue weighted by atomic mass is 35.5. The monoisotopic (exact) mass is 325 g/mol. The third kappa shape index (κ3) is 2.49. The van der Waals surface area contributed by atoms with Gasteiger partial charge in [-0.05, 0) is 42.8 Å². The Morgan fingerprint density at radius 2 is 2.09 bits per heavy atom. The first-order chi connectivity index (χ1) is 11.1. The lowest BCUT2D eigenvalue weighted by atomic mass is 10.1. The summed E-state index contributed by atoms with van der Waals surface area (Å²) in [6, 6.07) is 13.6. The molecular formula is C18H16ClN3O. The Morgan fingerprint density at radius 1 is 1.26 bits per heavy atom. The van der Waals surface area contributed by atoms with Crippen molar-refractivity contribution in [1.82, 2.24) is 9.97 Å². The number of halogens is 1. The van der Waals surface area contributed by atoms with Crippen LogP contribution in [0.4, 0.5) is 5.69 Å². The van der Waals surface area contributed by atoms with E-state index in [1.807, 2.05) is 54.3 Å². The summed E-state index contributed by atoms with van der Waals surface area (Å²) < 4.78 is 0. The average molecular weight is 326 g/mol. The fourth-order valence-corrected chi connectivity index (χ4v) is 3.22. The number of carbonyl (C=O) groups excluding carboxylic acids is 1. The minimum atomic E-state index is 0.0888. The first kappa shape index (κ1) is 14.3. The number of nitrogens with one attached hydrogen (secondary N) is 1. The third-order valence-corrected chi connectivity index (χ3v) is 4.80. The Hall–Kier alpha value is -2.33. The predicted molar refractivity (Wildman–Crippen MR) is 92.0 cm³/mol. The molecule has 5 heteroatoms. The highest BCUT2D eigenvalue weighted by Gasteiger charge is 2.33. The highest BCUT2D eigenvalue weighted by Crippen LogP contribution is 2.32. The number of hydrogen-bond acceptors (Lipinski definition) is 2. The Balaban J connectivity index is 1.63. The first-order valence-electron chi connectivity index (χ1n) is 7.63. The highest BCUT2D eigenvalue weighted by molar-refractivity contribution is 6.31. The van der Waals surface area contributed by atoms with E-state index < -0.39 is 0 Å². The van der Waals surface area contributed by atoms with Crippen molar-refractivity contribution in [2.75, 3.05) is 11.4 Å². The van der Waals surface area contributed by atoms with E-state index in [4.69, 9.17) is 11.6 Å². The second kappa shape index (κ2) is 5.39. The van der Waals surface area contributed by atoms with E-state index in [0.717, 1.165) is 28.1 Å². The number of para-hydroxylation sites is 2. The molecule has 0 saturated carbocycles. The second-order valence-corrected chi connectivity index (χ2v) is 6.39. The smallest absolute Gasteiger partial charge is 0.227 e. The number of aromatic nitrogens is 2. The molecule has 2 aromatic carbocycles. The van der Waals surface area contributed by atoms with Crippen LogP contribution in [-0.4, -0.2) is 22.4 Å². The van der Waals surface area contributed by atoms with Gasteiger partial charge in [-0.25, -0.2) is 4.98 Å².